The van der Waals surface area contributed by atoms with Crippen molar-refractivity contribution in [1.82, 2.24) is 25.2 Å². The molecule has 3 aromatic rings. The summed E-state index contributed by atoms with van der Waals surface area (Å²) in [5, 5.41) is 11.3. The molecule has 1 N–H and O–H groups in total. The molecule has 8 nitrogen and oxygen atoms in total. The highest BCUT2D eigenvalue weighted by atomic mass is 16.5. The minimum Gasteiger partial charge on any atom is -0.491 e. The second-order valence-corrected chi connectivity index (χ2v) is 7.11. The number of hydrogen-bond donors (Lipinski definition) is 1. The quantitative estimate of drug-likeness (QED) is 0.763. The van der Waals surface area contributed by atoms with Gasteiger partial charge >= 0.3 is 0 Å². The number of rotatable bonds is 4. The van der Waals surface area contributed by atoms with Gasteiger partial charge in [0.25, 0.3) is 5.91 Å². The van der Waals surface area contributed by atoms with Crippen LogP contribution < -0.4 is 10.1 Å². The lowest BCUT2D eigenvalue weighted by atomic mass is 10.1. The number of ether oxygens (including phenoxy) is 1. The minimum absolute atomic E-state index is 0.170. The van der Waals surface area contributed by atoms with Gasteiger partial charge in [0.1, 0.15) is 18.1 Å². The van der Waals surface area contributed by atoms with E-state index in [9.17, 15) is 4.79 Å². The molecule has 27 heavy (non-hydrogen) atoms. The Bertz CT molecular complexity index is 1030. The van der Waals surface area contributed by atoms with Crippen molar-refractivity contribution in [3.63, 3.8) is 0 Å². The first-order valence-electron chi connectivity index (χ1n) is 9.01. The number of nitrogens with zero attached hydrogens (tertiary/aromatic N) is 4. The van der Waals surface area contributed by atoms with Crippen LogP contribution in [0.15, 0.2) is 28.8 Å². The van der Waals surface area contributed by atoms with Gasteiger partial charge in [-0.1, -0.05) is 17.3 Å². The third-order valence-corrected chi connectivity index (χ3v) is 4.96. The third-order valence-electron chi connectivity index (χ3n) is 4.96. The van der Waals surface area contributed by atoms with E-state index in [1.165, 1.54) is 0 Å². The predicted molar refractivity (Wildman–Crippen MR) is 95.4 cm³/mol. The van der Waals surface area contributed by atoms with Crippen LogP contribution in [0.25, 0.3) is 11.4 Å². The van der Waals surface area contributed by atoms with Gasteiger partial charge in [-0.25, -0.2) is 0 Å². The van der Waals surface area contributed by atoms with E-state index in [0.29, 0.717) is 29.9 Å². The molecule has 1 amide bonds. The monoisotopic (exact) mass is 365 g/mol. The van der Waals surface area contributed by atoms with Crippen LogP contribution >= 0.6 is 0 Å². The Labute approximate surface area is 155 Å². The van der Waals surface area contributed by atoms with Gasteiger partial charge in [0, 0.05) is 24.1 Å². The SMILES string of the molecule is Cc1cc(C(=O)NC2COc3cc(-c4noc(C5CC5)n4)ccc32)n(C)n1. The number of fused-ring (bicyclic) bond motifs is 1. The molecular weight excluding hydrogens is 346 g/mol. The Morgan fingerprint density at radius 3 is 2.89 bits per heavy atom. The summed E-state index contributed by atoms with van der Waals surface area (Å²) in [4.78, 5) is 17.0. The number of aryl methyl sites for hydroxylation is 2. The van der Waals surface area contributed by atoms with Crippen molar-refractivity contribution >= 4 is 5.91 Å². The average Bonchev–Trinajstić information content (AvgIpc) is 3.09. The fourth-order valence-corrected chi connectivity index (χ4v) is 3.37. The van der Waals surface area contributed by atoms with Crippen molar-refractivity contribution < 1.29 is 14.1 Å². The normalized spacial score (nSPS) is 18.2. The number of amides is 1. The van der Waals surface area contributed by atoms with Gasteiger partial charge in [-0.15, -0.1) is 0 Å². The van der Waals surface area contributed by atoms with Gasteiger partial charge in [0.2, 0.25) is 11.7 Å². The summed E-state index contributed by atoms with van der Waals surface area (Å²) in [6.45, 7) is 2.25. The van der Waals surface area contributed by atoms with E-state index >= 15 is 0 Å². The summed E-state index contributed by atoms with van der Waals surface area (Å²) in [5.74, 6) is 2.27. The van der Waals surface area contributed by atoms with Crippen LogP contribution in [-0.4, -0.2) is 32.4 Å². The summed E-state index contributed by atoms with van der Waals surface area (Å²) < 4.78 is 12.7. The predicted octanol–water partition coefficient (Wildman–Crippen LogP) is 2.52. The first-order valence-corrected chi connectivity index (χ1v) is 9.01. The number of aromatic nitrogens is 4. The lowest BCUT2D eigenvalue weighted by molar-refractivity contribution is 0.0920. The Morgan fingerprint density at radius 1 is 1.30 bits per heavy atom. The molecule has 8 heteroatoms. The lowest BCUT2D eigenvalue weighted by Crippen LogP contribution is -2.30. The molecule has 1 aromatic carbocycles. The van der Waals surface area contributed by atoms with Gasteiger partial charge in [-0.2, -0.15) is 10.1 Å². The second-order valence-electron chi connectivity index (χ2n) is 7.11. The van der Waals surface area contributed by atoms with Crippen molar-refractivity contribution in [2.45, 2.75) is 31.7 Å². The summed E-state index contributed by atoms with van der Waals surface area (Å²) in [7, 11) is 1.76. The molecule has 1 atom stereocenters. The van der Waals surface area contributed by atoms with Gasteiger partial charge in [-0.05, 0) is 31.9 Å². The summed E-state index contributed by atoms with van der Waals surface area (Å²) in [5.41, 5.74) is 3.12. The fourth-order valence-electron chi connectivity index (χ4n) is 3.37. The van der Waals surface area contributed by atoms with E-state index in [4.69, 9.17) is 9.26 Å². The number of carbonyl (C=O) groups excluding carboxylic acids is 1. The molecule has 1 fully saturated rings. The average molecular weight is 365 g/mol. The number of carbonyl (C=O) groups is 1. The molecule has 2 aromatic heterocycles. The van der Waals surface area contributed by atoms with Crippen LogP contribution in [-0.2, 0) is 7.05 Å². The van der Waals surface area contributed by atoms with E-state index in [0.717, 1.165) is 35.4 Å². The number of benzene rings is 1. The molecule has 5 rings (SSSR count). The van der Waals surface area contributed by atoms with Crippen LogP contribution in [0.3, 0.4) is 0 Å². The summed E-state index contributed by atoms with van der Waals surface area (Å²) in [6.07, 6.45) is 2.24. The first kappa shape index (κ1) is 16.0. The first-order chi connectivity index (χ1) is 13.1. The standard InChI is InChI=1S/C19H19N5O3/c1-10-7-15(24(2)22-10)18(25)20-14-9-26-16-8-12(5-6-13(14)16)17-21-19(27-23-17)11-3-4-11/h5-8,11,14H,3-4,9H2,1-2H3,(H,20,25). The highest BCUT2D eigenvalue weighted by molar-refractivity contribution is 5.93. The largest absolute Gasteiger partial charge is 0.491 e. The zero-order chi connectivity index (χ0) is 18.5. The highest BCUT2D eigenvalue weighted by Gasteiger charge is 2.31. The lowest BCUT2D eigenvalue weighted by Gasteiger charge is -2.11. The minimum atomic E-state index is -0.205. The second kappa shape index (κ2) is 5.94. The molecular formula is C19H19N5O3. The van der Waals surface area contributed by atoms with E-state index in [1.54, 1.807) is 17.8 Å². The Balaban J connectivity index is 1.36. The fraction of sp³-hybridized carbons (Fsp3) is 0.368. The molecule has 3 heterocycles. The van der Waals surface area contributed by atoms with Gasteiger partial charge in [-0.3, -0.25) is 9.48 Å². The summed E-state index contributed by atoms with van der Waals surface area (Å²) >= 11 is 0. The zero-order valence-electron chi connectivity index (χ0n) is 15.1. The Hall–Kier alpha value is -3.16. The van der Waals surface area contributed by atoms with Crippen molar-refractivity contribution in [2.75, 3.05) is 6.61 Å². The molecule has 1 saturated carbocycles. The summed E-state index contributed by atoms with van der Waals surface area (Å²) in [6, 6.07) is 7.34. The molecule has 2 aliphatic rings. The third kappa shape index (κ3) is 2.87. The maximum absolute atomic E-state index is 12.5. The number of nitrogens with one attached hydrogen (secondary N) is 1. The zero-order valence-corrected chi connectivity index (χ0v) is 15.1. The molecule has 138 valence electrons. The van der Waals surface area contributed by atoms with Gasteiger partial charge in [0.05, 0.1) is 11.7 Å². The van der Waals surface area contributed by atoms with Crippen LogP contribution in [0, 0.1) is 6.92 Å². The Morgan fingerprint density at radius 2 is 2.15 bits per heavy atom. The van der Waals surface area contributed by atoms with Gasteiger partial charge in [0.15, 0.2) is 0 Å². The molecule has 0 radical (unpaired) electrons. The molecule has 0 saturated heterocycles. The van der Waals surface area contributed by atoms with Crippen molar-refractivity contribution in [3.05, 3.63) is 47.1 Å². The molecule has 0 spiro atoms. The highest BCUT2D eigenvalue weighted by Crippen LogP contribution is 2.40. The van der Waals surface area contributed by atoms with E-state index in [2.05, 4.69) is 20.6 Å². The van der Waals surface area contributed by atoms with Crippen LogP contribution in [0.2, 0.25) is 0 Å². The number of hydrogen-bond acceptors (Lipinski definition) is 6. The molecule has 1 aliphatic heterocycles. The topological polar surface area (TPSA) is 95.1 Å². The van der Waals surface area contributed by atoms with E-state index < -0.39 is 0 Å². The van der Waals surface area contributed by atoms with Crippen LogP contribution in [0.4, 0.5) is 0 Å². The van der Waals surface area contributed by atoms with Crippen molar-refractivity contribution in [3.8, 4) is 17.1 Å². The maximum Gasteiger partial charge on any atom is 0.270 e. The maximum atomic E-state index is 12.5. The van der Waals surface area contributed by atoms with Crippen LogP contribution in [0.5, 0.6) is 5.75 Å². The van der Waals surface area contributed by atoms with E-state index in [-0.39, 0.29) is 11.9 Å². The van der Waals surface area contributed by atoms with Crippen LogP contribution in [0.1, 0.15) is 52.4 Å². The molecule has 1 unspecified atom stereocenters. The molecule has 0 bridgehead atoms. The van der Waals surface area contributed by atoms with E-state index in [1.807, 2.05) is 25.1 Å². The molecule has 1 aliphatic carbocycles. The Kier molecular flexibility index (Phi) is 3.53. The smallest absolute Gasteiger partial charge is 0.270 e. The van der Waals surface area contributed by atoms with Crippen molar-refractivity contribution in [1.29, 1.82) is 0 Å². The van der Waals surface area contributed by atoms with Crippen molar-refractivity contribution in [2.24, 2.45) is 7.05 Å². The van der Waals surface area contributed by atoms with Gasteiger partial charge < -0.3 is 14.6 Å².